The van der Waals surface area contributed by atoms with Gasteiger partial charge in [-0.2, -0.15) is 0 Å². The third-order valence-electron chi connectivity index (χ3n) is 9.52. The highest BCUT2D eigenvalue weighted by molar-refractivity contribution is 5.88. The molecule has 0 radical (unpaired) electrons. The van der Waals surface area contributed by atoms with Gasteiger partial charge in [0.15, 0.2) is 41.7 Å². The predicted octanol–water partition coefficient (Wildman–Crippen LogP) is -4.16. The van der Waals surface area contributed by atoms with Gasteiger partial charge in [0.25, 0.3) is 0 Å². The van der Waals surface area contributed by atoms with Crippen molar-refractivity contribution in [2.45, 2.75) is 99.0 Å². The highest BCUT2D eigenvalue weighted by Crippen LogP contribution is 2.43. The smallest absolute Gasteiger partial charge is 0.239 e. The molecule has 3 aromatic rings. The van der Waals surface area contributed by atoms with E-state index in [0.29, 0.717) is 0 Å². The van der Waals surface area contributed by atoms with Crippen LogP contribution in [0.5, 0.6) is 34.5 Å². The second-order valence-electron chi connectivity index (χ2n) is 13.2. The summed E-state index contributed by atoms with van der Waals surface area (Å²) in [5.74, 6) is -5.46. The lowest BCUT2D eigenvalue weighted by Gasteiger charge is -2.48. The summed E-state index contributed by atoms with van der Waals surface area (Å²) in [6.07, 6.45) is -27.5. The number of aromatic hydroxyl groups is 5. The molecule has 15 atom stereocenters. The van der Waals surface area contributed by atoms with Crippen LogP contribution >= 0.6 is 0 Å². The van der Waals surface area contributed by atoms with Crippen molar-refractivity contribution in [1.82, 2.24) is 0 Å². The lowest BCUT2D eigenvalue weighted by Crippen LogP contribution is -2.66. The zero-order valence-electron chi connectivity index (χ0n) is 28.4. The molecule has 3 saturated heterocycles. The minimum Gasteiger partial charge on any atom is -0.508 e. The van der Waals surface area contributed by atoms with Gasteiger partial charge in [-0.3, -0.25) is 4.79 Å². The van der Waals surface area contributed by atoms with E-state index >= 15 is 0 Å². The summed E-state index contributed by atoms with van der Waals surface area (Å²) < 4.78 is 39.7. The highest BCUT2D eigenvalue weighted by atomic mass is 16.8. The zero-order chi connectivity index (χ0) is 40.2. The molecule has 3 aliphatic heterocycles. The van der Waals surface area contributed by atoms with Crippen molar-refractivity contribution >= 4 is 11.0 Å². The number of benzene rings is 2. The molecule has 0 saturated carbocycles. The molecule has 4 unspecified atom stereocenters. The number of hydrogen-bond donors (Lipinski definition) is 14. The second-order valence-corrected chi connectivity index (χ2v) is 13.2. The summed E-state index contributed by atoms with van der Waals surface area (Å²) in [5, 5.41) is 145. The van der Waals surface area contributed by atoms with Crippen LogP contribution in [0.2, 0.25) is 0 Å². The van der Waals surface area contributed by atoms with E-state index in [1.165, 1.54) is 6.92 Å². The molecule has 22 nitrogen and oxygen atoms in total. The van der Waals surface area contributed by atoms with Crippen molar-refractivity contribution in [1.29, 1.82) is 0 Å². The van der Waals surface area contributed by atoms with Crippen molar-refractivity contribution in [2.24, 2.45) is 0 Å². The van der Waals surface area contributed by atoms with Crippen LogP contribution in [0.4, 0.5) is 0 Å². The van der Waals surface area contributed by atoms with Gasteiger partial charge >= 0.3 is 0 Å². The largest absolute Gasteiger partial charge is 0.508 e. The van der Waals surface area contributed by atoms with Gasteiger partial charge in [-0.25, -0.2) is 0 Å². The minimum absolute atomic E-state index is 0.314. The number of phenolic OH excluding ortho intramolecular Hbond substituents is 5. The summed E-state index contributed by atoms with van der Waals surface area (Å²) in [6.45, 7) is -0.493. The van der Waals surface area contributed by atoms with Crippen LogP contribution < -0.4 is 10.2 Å². The van der Waals surface area contributed by atoms with Crippen LogP contribution in [0.25, 0.3) is 22.3 Å². The molecule has 3 fully saturated rings. The fraction of sp³-hybridized carbons (Fsp3) is 0.545. The van der Waals surface area contributed by atoms with E-state index in [1.54, 1.807) is 0 Å². The number of fused-ring (bicyclic) bond motifs is 1. The average molecular weight is 789 g/mol. The molecule has 14 N–H and O–H groups in total. The van der Waals surface area contributed by atoms with Crippen LogP contribution in [-0.4, -0.2) is 177 Å². The van der Waals surface area contributed by atoms with Gasteiger partial charge in [0, 0.05) is 17.7 Å². The van der Waals surface area contributed by atoms with E-state index in [4.69, 9.17) is 32.8 Å². The number of aliphatic hydroxyl groups is 9. The normalized spacial score (nSPS) is 36.9. The fourth-order valence-electron chi connectivity index (χ4n) is 6.47. The maximum absolute atomic E-state index is 14.0. The lowest BCUT2D eigenvalue weighted by atomic mass is 9.96. The van der Waals surface area contributed by atoms with Crippen molar-refractivity contribution in [3.05, 3.63) is 34.5 Å². The summed E-state index contributed by atoms with van der Waals surface area (Å²) >= 11 is 0. The first kappa shape index (κ1) is 40.6. The lowest BCUT2D eigenvalue weighted by molar-refractivity contribution is -0.379. The highest BCUT2D eigenvalue weighted by Gasteiger charge is 2.54. The second kappa shape index (κ2) is 15.8. The number of phenols is 5. The average Bonchev–Trinajstić information content (AvgIpc) is 3.14. The Labute approximate surface area is 307 Å². The summed E-state index contributed by atoms with van der Waals surface area (Å²) in [5.41, 5.74) is -1.89. The Morgan fingerprint density at radius 2 is 1.20 bits per heavy atom. The molecule has 6 rings (SSSR count). The third-order valence-corrected chi connectivity index (χ3v) is 9.52. The van der Waals surface area contributed by atoms with Crippen LogP contribution in [0.1, 0.15) is 6.92 Å². The minimum atomic E-state index is -2.12. The van der Waals surface area contributed by atoms with Gasteiger partial charge < -0.3 is 104 Å². The van der Waals surface area contributed by atoms with Gasteiger partial charge in [-0.1, -0.05) is 0 Å². The molecule has 22 heteroatoms. The number of hydrogen-bond acceptors (Lipinski definition) is 22. The van der Waals surface area contributed by atoms with E-state index in [2.05, 4.69) is 0 Å². The molecule has 0 spiro atoms. The van der Waals surface area contributed by atoms with E-state index in [1.807, 2.05) is 0 Å². The quantitative estimate of drug-likeness (QED) is 0.0915. The summed E-state index contributed by atoms with van der Waals surface area (Å²) in [6, 6.07) is 3.47. The van der Waals surface area contributed by atoms with Gasteiger partial charge in [0.05, 0.1) is 19.3 Å². The molecule has 2 aromatic carbocycles. The molecule has 4 heterocycles. The van der Waals surface area contributed by atoms with E-state index in [9.17, 15) is 76.3 Å². The number of ether oxygens (including phenoxy) is 6. The van der Waals surface area contributed by atoms with Gasteiger partial charge in [-0.15, -0.1) is 0 Å². The van der Waals surface area contributed by atoms with Gasteiger partial charge in [-0.05, 0) is 19.1 Å². The van der Waals surface area contributed by atoms with Crippen molar-refractivity contribution in [3.63, 3.8) is 0 Å². The monoisotopic (exact) mass is 788 g/mol. The Kier molecular flexibility index (Phi) is 11.6. The molecule has 0 aliphatic carbocycles. The van der Waals surface area contributed by atoms with E-state index < -0.39 is 162 Å². The van der Waals surface area contributed by atoms with Gasteiger partial charge in [0.1, 0.15) is 83.5 Å². The zero-order valence-corrected chi connectivity index (χ0v) is 28.4. The molecule has 0 amide bonds. The van der Waals surface area contributed by atoms with E-state index in [-0.39, 0.29) is 5.56 Å². The van der Waals surface area contributed by atoms with Crippen LogP contribution in [0, 0.1) is 0 Å². The summed E-state index contributed by atoms with van der Waals surface area (Å²) in [4.78, 5) is 14.0. The maximum Gasteiger partial charge on any atom is 0.239 e. The Morgan fingerprint density at radius 1 is 0.618 bits per heavy atom. The molecular formula is C33H40O22. The fourth-order valence-corrected chi connectivity index (χ4v) is 6.47. The predicted molar refractivity (Wildman–Crippen MR) is 174 cm³/mol. The topological polar surface area (TPSA) is 369 Å². The summed E-state index contributed by atoms with van der Waals surface area (Å²) in [7, 11) is 0. The standard InChI is InChI=1S/C33H40O22/c1-8-18(40)24(46)30(55-32-26(48)28(21(43)16(7-35)52-32)53-31-25(47)23(45)20(42)15(6-34)51-31)33(49-8)54-29-22(44)17-11(37)4-10(36)5-14(17)50-27(29)9-2-12(38)19(41)13(39)3-9/h2-5,8,15-16,18,20-21,23-26,28,30-43,45-48H,6-7H2,1H3/t8-,15+,16+,18-,20-,21-,23-,24+,25+,26+,28-,30?,31?,32?,33?/m0/s1. The van der Waals surface area contributed by atoms with E-state index in [0.717, 1.165) is 24.3 Å². The van der Waals surface area contributed by atoms with Crippen molar-refractivity contribution < 1.29 is 104 Å². The Bertz CT molecular complexity index is 1880. The molecular weight excluding hydrogens is 748 g/mol. The first-order valence-corrected chi connectivity index (χ1v) is 16.7. The van der Waals surface area contributed by atoms with Crippen molar-refractivity contribution in [3.8, 4) is 45.8 Å². The third kappa shape index (κ3) is 7.45. The molecule has 304 valence electrons. The molecule has 55 heavy (non-hydrogen) atoms. The first-order valence-electron chi connectivity index (χ1n) is 16.7. The Balaban J connectivity index is 1.37. The van der Waals surface area contributed by atoms with Crippen LogP contribution in [0.3, 0.4) is 0 Å². The molecule has 3 aliphatic rings. The number of aliphatic hydroxyl groups excluding tert-OH is 9. The van der Waals surface area contributed by atoms with Crippen LogP contribution in [0.15, 0.2) is 33.5 Å². The van der Waals surface area contributed by atoms with Crippen molar-refractivity contribution in [2.75, 3.05) is 13.2 Å². The molecule has 1 aromatic heterocycles. The SMILES string of the molecule is C[C@@H]1OC(Oc2c(-c3cc(O)c(O)c(O)c3)oc3cc(O)cc(O)c3c2=O)C(OC2O[C@H](CO)[C@H](O)[C@H](OC3O[C@H](CO)[C@H](O)[C@H](O)[C@H]3O)[C@H]2O)[C@H](O)[C@H]1O. The van der Waals surface area contributed by atoms with Gasteiger partial charge in [0.2, 0.25) is 17.5 Å². The molecule has 0 bridgehead atoms. The number of rotatable bonds is 9. The maximum atomic E-state index is 14.0. The first-order chi connectivity index (χ1) is 26.0. The Morgan fingerprint density at radius 3 is 1.82 bits per heavy atom. The Hall–Kier alpha value is -4.11. The van der Waals surface area contributed by atoms with Crippen LogP contribution in [-0.2, 0) is 23.7 Å².